The number of hydrogen-bond acceptors (Lipinski definition) is 3. The van der Waals surface area contributed by atoms with Crippen LogP contribution in [-0.4, -0.2) is 48.6 Å². The quantitative estimate of drug-likeness (QED) is 0.832. The molecule has 0 spiro atoms. The molecule has 21 heavy (non-hydrogen) atoms. The van der Waals surface area contributed by atoms with E-state index in [-0.39, 0.29) is 6.04 Å². The standard InChI is InChI=1S/C17H31N3O/c1-13(17(21)20-11-4-5-12-20)19-16-9-6-7-14(16)15-8-2-3-10-18-15/h13-16,18-19H,2-12H2,1H3. The van der Waals surface area contributed by atoms with Crippen LogP contribution in [0.5, 0.6) is 0 Å². The Bertz CT molecular complexity index is 348. The van der Waals surface area contributed by atoms with Crippen LogP contribution in [0.4, 0.5) is 0 Å². The molecule has 1 amide bonds. The van der Waals surface area contributed by atoms with Gasteiger partial charge in [0.15, 0.2) is 0 Å². The summed E-state index contributed by atoms with van der Waals surface area (Å²) in [5, 5.41) is 7.38. The maximum Gasteiger partial charge on any atom is 0.239 e. The number of rotatable bonds is 4. The minimum Gasteiger partial charge on any atom is -0.341 e. The second-order valence-electron chi connectivity index (χ2n) is 7.18. The van der Waals surface area contributed by atoms with E-state index in [0.717, 1.165) is 19.0 Å². The highest BCUT2D eigenvalue weighted by Gasteiger charge is 2.36. The highest BCUT2D eigenvalue weighted by Crippen LogP contribution is 2.32. The van der Waals surface area contributed by atoms with Gasteiger partial charge in [0, 0.05) is 25.2 Å². The van der Waals surface area contributed by atoms with Crippen molar-refractivity contribution in [3.63, 3.8) is 0 Å². The lowest BCUT2D eigenvalue weighted by Crippen LogP contribution is -2.52. The van der Waals surface area contributed by atoms with Gasteiger partial charge in [-0.25, -0.2) is 0 Å². The lowest BCUT2D eigenvalue weighted by molar-refractivity contribution is -0.132. The first-order valence-electron chi connectivity index (χ1n) is 9.04. The number of piperidine rings is 1. The molecule has 4 atom stereocenters. The molecular weight excluding hydrogens is 262 g/mol. The SMILES string of the molecule is CC(NC1CCCC1C1CCCCN1)C(=O)N1CCCC1. The molecule has 2 saturated heterocycles. The second-order valence-corrected chi connectivity index (χ2v) is 7.18. The zero-order valence-electron chi connectivity index (χ0n) is 13.4. The van der Waals surface area contributed by atoms with Crippen LogP contribution in [0, 0.1) is 5.92 Å². The summed E-state index contributed by atoms with van der Waals surface area (Å²) in [6.45, 7) is 5.16. The van der Waals surface area contributed by atoms with E-state index in [0.29, 0.717) is 18.0 Å². The fourth-order valence-corrected chi connectivity index (χ4v) is 4.53. The van der Waals surface area contributed by atoms with E-state index < -0.39 is 0 Å². The zero-order chi connectivity index (χ0) is 14.7. The van der Waals surface area contributed by atoms with Gasteiger partial charge in [-0.2, -0.15) is 0 Å². The van der Waals surface area contributed by atoms with Crippen molar-refractivity contribution in [2.24, 2.45) is 5.92 Å². The molecule has 3 fully saturated rings. The number of nitrogens with one attached hydrogen (secondary N) is 2. The van der Waals surface area contributed by atoms with Crippen molar-refractivity contribution < 1.29 is 4.79 Å². The molecule has 1 aliphatic carbocycles. The summed E-state index contributed by atoms with van der Waals surface area (Å²) in [5.41, 5.74) is 0. The Morgan fingerprint density at radius 1 is 1.10 bits per heavy atom. The van der Waals surface area contributed by atoms with Gasteiger partial charge in [-0.1, -0.05) is 12.8 Å². The molecule has 0 radical (unpaired) electrons. The topological polar surface area (TPSA) is 44.4 Å². The first kappa shape index (κ1) is 15.3. The van der Waals surface area contributed by atoms with Gasteiger partial charge in [0.25, 0.3) is 0 Å². The lowest BCUT2D eigenvalue weighted by Gasteiger charge is -2.34. The minimum atomic E-state index is -0.0164. The minimum absolute atomic E-state index is 0.0164. The fourth-order valence-electron chi connectivity index (χ4n) is 4.53. The number of nitrogens with zero attached hydrogens (tertiary/aromatic N) is 1. The molecular formula is C17H31N3O. The fraction of sp³-hybridized carbons (Fsp3) is 0.941. The van der Waals surface area contributed by atoms with Crippen LogP contribution < -0.4 is 10.6 Å². The number of likely N-dealkylation sites (tertiary alicyclic amines) is 1. The van der Waals surface area contributed by atoms with Crippen LogP contribution in [0.3, 0.4) is 0 Å². The Balaban J connectivity index is 1.53. The average molecular weight is 293 g/mol. The summed E-state index contributed by atoms with van der Waals surface area (Å²) in [5.74, 6) is 1.04. The average Bonchev–Trinajstić information content (AvgIpc) is 3.19. The van der Waals surface area contributed by atoms with Crippen molar-refractivity contribution in [3.05, 3.63) is 0 Å². The largest absolute Gasteiger partial charge is 0.341 e. The molecule has 0 bridgehead atoms. The predicted octanol–water partition coefficient (Wildman–Crippen LogP) is 1.90. The maximum absolute atomic E-state index is 12.5. The smallest absolute Gasteiger partial charge is 0.239 e. The Hall–Kier alpha value is -0.610. The Morgan fingerprint density at radius 2 is 1.90 bits per heavy atom. The van der Waals surface area contributed by atoms with Crippen molar-refractivity contribution in [3.8, 4) is 0 Å². The molecule has 0 aromatic heterocycles. The normalized spacial score (nSPS) is 35.1. The first-order valence-corrected chi connectivity index (χ1v) is 9.04. The van der Waals surface area contributed by atoms with Crippen molar-refractivity contribution >= 4 is 5.91 Å². The Kier molecular flexibility index (Phi) is 5.17. The van der Waals surface area contributed by atoms with Crippen LogP contribution >= 0.6 is 0 Å². The Labute approximate surface area is 129 Å². The van der Waals surface area contributed by atoms with Crippen molar-refractivity contribution in [2.45, 2.75) is 76.4 Å². The van der Waals surface area contributed by atoms with Crippen LogP contribution in [0.15, 0.2) is 0 Å². The van der Waals surface area contributed by atoms with Crippen LogP contribution in [0.1, 0.15) is 58.3 Å². The molecule has 0 aromatic rings. The zero-order valence-corrected chi connectivity index (χ0v) is 13.4. The summed E-state index contributed by atoms with van der Waals surface area (Å²) in [6, 6.07) is 1.19. The van der Waals surface area contributed by atoms with Gasteiger partial charge in [0.05, 0.1) is 6.04 Å². The summed E-state index contributed by atoms with van der Waals surface area (Å²) in [4.78, 5) is 14.5. The van der Waals surface area contributed by atoms with E-state index in [4.69, 9.17) is 0 Å². The van der Waals surface area contributed by atoms with E-state index in [2.05, 4.69) is 17.6 Å². The maximum atomic E-state index is 12.5. The second kappa shape index (κ2) is 7.10. The van der Waals surface area contributed by atoms with Crippen molar-refractivity contribution in [2.75, 3.05) is 19.6 Å². The first-order chi connectivity index (χ1) is 10.3. The lowest BCUT2D eigenvalue weighted by atomic mass is 9.88. The number of carbonyl (C=O) groups excluding carboxylic acids is 1. The van der Waals surface area contributed by atoms with E-state index in [1.54, 1.807) is 0 Å². The van der Waals surface area contributed by atoms with E-state index >= 15 is 0 Å². The molecule has 3 rings (SSSR count). The molecule has 4 nitrogen and oxygen atoms in total. The van der Waals surface area contributed by atoms with E-state index in [1.165, 1.54) is 57.9 Å². The van der Waals surface area contributed by atoms with Crippen LogP contribution in [0.2, 0.25) is 0 Å². The van der Waals surface area contributed by atoms with E-state index in [9.17, 15) is 4.79 Å². The van der Waals surface area contributed by atoms with Crippen LogP contribution in [-0.2, 0) is 4.79 Å². The third kappa shape index (κ3) is 3.59. The van der Waals surface area contributed by atoms with Crippen LogP contribution in [0.25, 0.3) is 0 Å². The molecule has 120 valence electrons. The van der Waals surface area contributed by atoms with Gasteiger partial charge in [-0.3, -0.25) is 4.79 Å². The number of carbonyl (C=O) groups is 1. The third-order valence-corrected chi connectivity index (χ3v) is 5.69. The third-order valence-electron chi connectivity index (χ3n) is 5.69. The Morgan fingerprint density at radius 3 is 2.62 bits per heavy atom. The van der Waals surface area contributed by atoms with E-state index in [1.807, 2.05) is 4.90 Å². The van der Waals surface area contributed by atoms with Gasteiger partial charge in [-0.15, -0.1) is 0 Å². The monoisotopic (exact) mass is 293 g/mol. The molecule has 4 unspecified atom stereocenters. The predicted molar refractivity (Wildman–Crippen MR) is 85.2 cm³/mol. The molecule has 3 aliphatic rings. The molecule has 4 heteroatoms. The molecule has 2 aliphatic heterocycles. The summed E-state index contributed by atoms with van der Waals surface area (Å²) in [6.07, 6.45) is 10.2. The molecule has 2 heterocycles. The van der Waals surface area contributed by atoms with Crippen molar-refractivity contribution in [1.82, 2.24) is 15.5 Å². The summed E-state index contributed by atoms with van der Waals surface area (Å²) in [7, 11) is 0. The molecule has 1 saturated carbocycles. The highest BCUT2D eigenvalue weighted by atomic mass is 16.2. The number of hydrogen-bond donors (Lipinski definition) is 2. The van der Waals surface area contributed by atoms with Crippen molar-refractivity contribution in [1.29, 1.82) is 0 Å². The van der Waals surface area contributed by atoms with Gasteiger partial charge in [0.2, 0.25) is 5.91 Å². The number of amides is 1. The summed E-state index contributed by atoms with van der Waals surface area (Å²) < 4.78 is 0. The van der Waals surface area contributed by atoms with Gasteiger partial charge < -0.3 is 15.5 Å². The van der Waals surface area contributed by atoms with Gasteiger partial charge in [0.1, 0.15) is 0 Å². The van der Waals surface area contributed by atoms with Gasteiger partial charge in [-0.05, 0) is 57.9 Å². The summed E-state index contributed by atoms with van der Waals surface area (Å²) >= 11 is 0. The molecule has 0 aromatic carbocycles. The van der Waals surface area contributed by atoms with Gasteiger partial charge >= 0.3 is 0 Å². The molecule has 2 N–H and O–H groups in total. The highest BCUT2D eigenvalue weighted by molar-refractivity contribution is 5.81.